The van der Waals surface area contributed by atoms with Gasteiger partial charge in [-0.2, -0.15) is 0 Å². The molecule has 44 heavy (non-hydrogen) atoms. The minimum absolute atomic E-state index is 0.317. The Bertz CT molecular complexity index is 1980. The molecule has 2 heterocycles. The fraction of sp³-hybridized carbons (Fsp3) is 0.0526. The fourth-order valence-corrected chi connectivity index (χ4v) is 11.0. The van der Waals surface area contributed by atoms with E-state index in [2.05, 4.69) is 24.3 Å². The van der Waals surface area contributed by atoms with E-state index in [1.54, 1.807) is 0 Å². The lowest BCUT2D eigenvalue weighted by Gasteiger charge is -2.29. The van der Waals surface area contributed by atoms with Crippen LogP contribution in [-0.4, -0.2) is 0 Å². The quantitative estimate of drug-likeness (QED) is 0.182. The lowest BCUT2D eigenvalue weighted by Crippen LogP contribution is -2.18. The zero-order chi connectivity index (χ0) is 29.7. The fourth-order valence-electron chi connectivity index (χ4n) is 6.27. The average molecular weight is 611 g/mol. The highest BCUT2D eigenvalue weighted by molar-refractivity contribution is 7.67. The second-order valence-electron chi connectivity index (χ2n) is 11.3. The van der Waals surface area contributed by atoms with Crippen molar-refractivity contribution in [2.45, 2.75) is 12.3 Å². The van der Waals surface area contributed by atoms with Crippen LogP contribution in [0.25, 0.3) is 33.4 Å². The van der Waals surface area contributed by atoms with Gasteiger partial charge in [-0.25, -0.2) is 0 Å². The zero-order valence-corrected chi connectivity index (χ0v) is 25.6. The third kappa shape index (κ3) is 4.63. The average Bonchev–Trinajstić information content (AvgIpc) is 3.06. The van der Waals surface area contributed by atoms with Gasteiger partial charge >= 0.3 is 0 Å². The lowest BCUT2D eigenvalue weighted by atomic mass is 10.0. The van der Waals surface area contributed by atoms with Gasteiger partial charge in [-0.05, 0) is 57.6 Å². The van der Waals surface area contributed by atoms with Gasteiger partial charge in [0.2, 0.25) is 0 Å². The van der Waals surface area contributed by atoms with E-state index in [1.165, 1.54) is 0 Å². The van der Waals surface area contributed by atoms with Crippen molar-refractivity contribution in [2.24, 2.45) is 0 Å². The van der Waals surface area contributed by atoms with E-state index in [0.29, 0.717) is 23.8 Å². The summed E-state index contributed by atoms with van der Waals surface area (Å²) in [4.78, 5) is 0. The van der Waals surface area contributed by atoms with Crippen molar-refractivity contribution in [3.8, 4) is 44.9 Å². The first-order chi connectivity index (χ1) is 21.5. The van der Waals surface area contributed by atoms with Crippen LogP contribution in [0.15, 0.2) is 146 Å². The van der Waals surface area contributed by atoms with Crippen molar-refractivity contribution in [2.75, 3.05) is 0 Å². The molecule has 6 aromatic carbocycles. The van der Waals surface area contributed by atoms with Crippen LogP contribution in [0.2, 0.25) is 0 Å². The summed E-state index contributed by atoms with van der Waals surface area (Å²) in [6, 6.07) is 47.6. The van der Waals surface area contributed by atoms with Crippen molar-refractivity contribution in [3.63, 3.8) is 0 Å². The van der Waals surface area contributed by atoms with Gasteiger partial charge in [0.05, 0.1) is 22.9 Å². The first kappa shape index (κ1) is 27.0. The van der Waals surface area contributed by atoms with E-state index in [-0.39, 0.29) is 0 Å². The molecule has 2 atom stereocenters. The number of hydrogen-bond acceptors (Lipinski definition) is 4. The summed E-state index contributed by atoms with van der Waals surface area (Å²) >= 11 is 0. The maximum Gasteiger partial charge on any atom is 0.282 e. The maximum absolute atomic E-state index is 14.3. The molecular formula is C38H28O4P2. The standard InChI is InChI=1S/C38H28O4P2/c39-43(37-15-7-3-11-33(37)31-9-1-5-13-35(31)41-43)25-27-17-21-29(22-18-27)30-23-19-28(20-24-30)26-44(40)38-16-8-4-12-34(38)32-10-2-6-14-36(32)42-44/h1-24H,25-26H2. The highest BCUT2D eigenvalue weighted by atomic mass is 31.2. The SMILES string of the molecule is O=P1(Cc2ccc(-c3ccc(CP4(=O)Oc5ccccc5-c5ccccc54)cc3)cc2)Oc2ccccc2-c2ccccc21. The van der Waals surface area contributed by atoms with Crippen molar-refractivity contribution in [1.29, 1.82) is 0 Å². The Hall–Kier alpha value is -4.62. The lowest BCUT2D eigenvalue weighted by molar-refractivity contribution is 0.489. The Morgan fingerprint density at radius 1 is 0.386 bits per heavy atom. The molecule has 0 aliphatic carbocycles. The Morgan fingerprint density at radius 2 is 0.727 bits per heavy atom. The number of benzene rings is 6. The Balaban J connectivity index is 1.02. The molecule has 0 amide bonds. The van der Waals surface area contributed by atoms with Crippen LogP contribution in [0.1, 0.15) is 11.1 Å². The molecule has 6 aromatic rings. The third-order valence-electron chi connectivity index (χ3n) is 8.41. The largest absolute Gasteiger partial charge is 0.439 e. The van der Waals surface area contributed by atoms with E-state index in [4.69, 9.17) is 9.05 Å². The molecule has 0 fully saturated rings. The van der Waals surface area contributed by atoms with Crippen LogP contribution in [0, 0.1) is 0 Å². The Morgan fingerprint density at radius 3 is 1.14 bits per heavy atom. The second kappa shape index (κ2) is 10.5. The molecule has 4 nitrogen and oxygen atoms in total. The summed E-state index contributed by atoms with van der Waals surface area (Å²) in [5.74, 6) is 1.33. The summed E-state index contributed by atoms with van der Waals surface area (Å²) in [6.07, 6.45) is 0.634. The minimum Gasteiger partial charge on any atom is -0.439 e. The van der Waals surface area contributed by atoms with Gasteiger partial charge in [0.15, 0.2) is 0 Å². The van der Waals surface area contributed by atoms with Crippen LogP contribution in [-0.2, 0) is 21.5 Å². The Labute approximate surface area is 256 Å². The molecule has 0 radical (unpaired) electrons. The molecule has 0 saturated carbocycles. The minimum atomic E-state index is -3.16. The molecule has 0 saturated heterocycles. The summed E-state index contributed by atoms with van der Waals surface area (Å²) in [5.41, 5.74) is 7.90. The van der Waals surface area contributed by atoms with E-state index in [0.717, 1.165) is 55.1 Å². The van der Waals surface area contributed by atoms with Crippen LogP contribution < -0.4 is 19.7 Å². The van der Waals surface area contributed by atoms with Gasteiger partial charge in [-0.3, -0.25) is 9.13 Å². The first-order valence-corrected chi connectivity index (χ1v) is 18.2. The summed E-state index contributed by atoms with van der Waals surface area (Å²) in [6.45, 7) is 0. The number of para-hydroxylation sites is 2. The predicted molar refractivity (Wildman–Crippen MR) is 179 cm³/mol. The molecule has 8 rings (SSSR count). The molecule has 6 heteroatoms. The molecule has 214 valence electrons. The van der Waals surface area contributed by atoms with Crippen LogP contribution >= 0.6 is 14.7 Å². The number of rotatable bonds is 5. The van der Waals surface area contributed by atoms with Crippen molar-refractivity contribution in [1.82, 2.24) is 0 Å². The molecule has 0 spiro atoms. The highest BCUT2D eigenvalue weighted by Gasteiger charge is 2.37. The van der Waals surface area contributed by atoms with Gasteiger partial charge in [0.25, 0.3) is 14.7 Å². The zero-order valence-electron chi connectivity index (χ0n) is 23.8. The molecule has 2 unspecified atom stereocenters. The van der Waals surface area contributed by atoms with Gasteiger partial charge in [0.1, 0.15) is 11.5 Å². The third-order valence-corrected chi connectivity index (χ3v) is 13.2. The van der Waals surface area contributed by atoms with Gasteiger partial charge < -0.3 is 9.05 Å². The van der Waals surface area contributed by atoms with Crippen LogP contribution in [0.5, 0.6) is 11.5 Å². The van der Waals surface area contributed by atoms with Crippen molar-refractivity contribution in [3.05, 3.63) is 157 Å². The smallest absolute Gasteiger partial charge is 0.282 e. The second-order valence-corrected chi connectivity index (χ2v) is 15.9. The van der Waals surface area contributed by atoms with Crippen molar-refractivity contribution >= 4 is 25.3 Å². The van der Waals surface area contributed by atoms with E-state index in [9.17, 15) is 9.13 Å². The molecular weight excluding hydrogens is 582 g/mol. The highest BCUT2D eigenvalue weighted by Crippen LogP contribution is 2.57. The maximum atomic E-state index is 14.3. The van der Waals surface area contributed by atoms with E-state index < -0.39 is 14.7 Å². The molecule has 0 aromatic heterocycles. The molecule has 2 aliphatic heterocycles. The molecule has 0 bridgehead atoms. The first-order valence-electron chi connectivity index (χ1n) is 14.6. The summed E-state index contributed by atoms with van der Waals surface area (Å²) in [5, 5.41) is 1.54. The topological polar surface area (TPSA) is 52.6 Å². The van der Waals surface area contributed by atoms with Crippen molar-refractivity contribution < 1.29 is 18.2 Å². The summed E-state index contributed by atoms with van der Waals surface area (Å²) < 4.78 is 40.9. The predicted octanol–water partition coefficient (Wildman–Crippen LogP) is 9.68. The van der Waals surface area contributed by atoms with E-state index in [1.807, 2.05) is 121 Å². The Kier molecular flexibility index (Phi) is 6.45. The summed E-state index contributed by atoms with van der Waals surface area (Å²) in [7, 11) is -6.32. The number of hydrogen-bond donors (Lipinski definition) is 0. The van der Waals surface area contributed by atoms with Crippen LogP contribution in [0.3, 0.4) is 0 Å². The molecule has 0 N–H and O–H groups in total. The van der Waals surface area contributed by atoms with Gasteiger partial charge in [0, 0.05) is 11.1 Å². The molecule has 2 aliphatic rings. The van der Waals surface area contributed by atoms with E-state index >= 15 is 0 Å². The van der Waals surface area contributed by atoms with Gasteiger partial charge in [-0.1, -0.05) is 121 Å². The number of fused-ring (bicyclic) bond motifs is 6. The van der Waals surface area contributed by atoms with Gasteiger partial charge in [-0.15, -0.1) is 0 Å². The normalized spacial score (nSPS) is 19.4. The van der Waals surface area contributed by atoms with Crippen LogP contribution in [0.4, 0.5) is 0 Å². The monoisotopic (exact) mass is 610 g/mol.